The van der Waals surface area contributed by atoms with Gasteiger partial charge in [0.1, 0.15) is 5.82 Å². The number of guanidine groups is 1. The predicted octanol–water partition coefficient (Wildman–Crippen LogP) is 2.51. The third-order valence-electron chi connectivity index (χ3n) is 4.89. The Morgan fingerprint density at radius 3 is 3.00 bits per heavy atom. The molecule has 2 aromatic rings. The van der Waals surface area contributed by atoms with Gasteiger partial charge in [0.2, 0.25) is 5.56 Å². The Balaban J connectivity index is 1.46. The maximum Gasteiger partial charge on any atom is 0.250 e. The molecule has 8 heteroatoms. The van der Waals surface area contributed by atoms with Crippen LogP contribution < -0.4 is 21.1 Å². The molecule has 1 aliphatic heterocycles. The van der Waals surface area contributed by atoms with Crippen molar-refractivity contribution in [2.75, 3.05) is 31.1 Å². The maximum absolute atomic E-state index is 11.7. The molecule has 2 N–H and O–H groups in total. The van der Waals surface area contributed by atoms with Gasteiger partial charge in [0.05, 0.1) is 5.02 Å². The first-order valence-corrected chi connectivity index (χ1v) is 10.6. The maximum atomic E-state index is 11.7. The second-order valence-corrected chi connectivity index (χ2v) is 7.49. The van der Waals surface area contributed by atoms with Crippen LogP contribution in [0.1, 0.15) is 26.2 Å². The van der Waals surface area contributed by atoms with Crippen LogP contribution in [0.3, 0.4) is 0 Å². The van der Waals surface area contributed by atoms with Crippen LogP contribution in [0, 0.1) is 0 Å². The summed E-state index contributed by atoms with van der Waals surface area (Å²) < 4.78 is 1.74. The number of rotatable bonds is 8. The van der Waals surface area contributed by atoms with Crippen LogP contribution in [-0.2, 0) is 6.54 Å². The number of hydrogen-bond donors (Lipinski definition) is 2. The molecule has 0 bridgehead atoms. The lowest BCUT2D eigenvalue weighted by molar-refractivity contribution is 0.595. The lowest BCUT2D eigenvalue weighted by Gasteiger charge is -2.20. The second kappa shape index (κ2) is 10.9. The van der Waals surface area contributed by atoms with E-state index in [9.17, 15) is 4.79 Å². The van der Waals surface area contributed by atoms with E-state index in [0.717, 1.165) is 63.8 Å². The van der Waals surface area contributed by atoms with E-state index in [1.54, 1.807) is 22.9 Å². The zero-order valence-corrected chi connectivity index (χ0v) is 17.6. The summed E-state index contributed by atoms with van der Waals surface area (Å²) in [4.78, 5) is 23.0. The molecule has 1 fully saturated rings. The SMILES string of the molecule is CCNC(=NCCCCn1ccccc1=O)NC1CCN(c2ncccc2Cl)C1. The molecule has 1 aliphatic rings. The second-order valence-electron chi connectivity index (χ2n) is 7.08. The molecule has 29 heavy (non-hydrogen) atoms. The van der Waals surface area contributed by atoms with Crippen LogP contribution in [0.4, 0.5) is 5.82 Å². The Kier molecular flexibility index (Phi) is 7.93. The Hall–Kier alpha value is -2.54. The largest absolute Gasteiger partial charge is 0.357 e. The predicted molar refractivity (Wildman–Crippen MR) is 119 cm³/mol. The van der Waals surface area contributed by atoms with Gasteiger partial charge in [0.15, 0.2) is 5.96 Å². The number of pyridine rings is 2. The highest BCUT2D eigenvalue weighted by atomic mass is 35.5. The summed E-state index contributed by atoms with van der Waals surface area (Å²) in [6.45, 7) is 6.08. The minimum absolute atomic E-state index is 0.0461. The topological polar surface area (TPSA) is 74.6 Å². The van der Waals surface area contributed by atoms with Gasteiger partial charge in [0.25, 0.3) is 0 Å². The van der Waals surface area contributed by atoms with Gasteiger partial charge in [-0.15, -0.1) is 0 Å². The van der Waals surface area contributed by atoms with Gasteiger partial charge in [-0.3, -0.25) is 9.79 Å². The van der Waals surface area contributed by atoms with E-state index in [0.29, 0.717) is 11.1 Å². The lowest BCUT2D eigenvalue weighted by Crippen LogP contribution is -2.44. The zero-order valence-electron chi connectivity index (χ0n) is 16.9. The van der Waals surface area contributed by atoms with E-state index in [1.165, 1.54) is 0 Å². The molecular formula is C21H29ClN6O. The number of aliphatic imine (C=N–C) groups is 1. The van der Waals surface area contributed by atoms with Crippen LogP contribution in [0.25, 0.3) is 0 Å². The van der Waals surface area contributed by atoms with Crippen LogP contribution >= 0.6 is 11.6 Å². The summed E-state index contributed by atoms with van der Waals surface area (Å²) in [6.07, 6.45) is 6.46. The van der Waals surface area contributed by atoms with Crippen molar-refractivity contribution >= 4 is 23.4 Å². The Labute approximate surface area is 176 Å². The van der Waals surface area contributed by atoms with Crippen LogP contribution in [0.15, 0.2) is 52.5 Å². The van der Waals surface area contributed by atoms with Crippen molar-refractivity contribution in [3.05, 3.63) is 58.1 Å². The quantitative estimate of drug-likeness (QED) is 0.393. The number of aromatic nitrogens is 2. The number of anilines is 1. The molecule has 1 saturated heterocycles. The summed E-state index contributed by atoms with van der Waals surface area (Å²) in [7, 11) is 0. The number of nitrogens with zero attached hydrogens (tertiary/aromatic N) is 4. The van der Waals surface area contributed by atoms with Gasteiger partial charge < -0.3 is 20.1 Å². The van der Waals surface area contributed by atoms with E-state index >= 15 is 0 Å². The van der Waals surface area contributed by atoms with Gasteiger partial charge in [-0.25, -0.2) is 4.98 Å². The zero-order chi connectivity index (χ0) is 20.5. The summed E-state index contributed by atoms with van der Waals surface area (Å²) >= 11 is 6.28. The average Bonchev–Trinajstić information content (AvgIpc) is 3.17. The van der Waals surface area contributed by atoms with Crippen molar-refractivity contribution in [1.29, 1.82) is 0 Å². The summed E-state index contributed by atoms with van der Waals surface area (Å²) in [5.74, 6) is 1.68. The first kappa shape index (κ1) is 21.2. The minimum atomic E-state index is 0.0461. The molecule has 1 unspecified atom stereocenters. The standard InChI is InChI=1S/C21H29ClN6O/c1-2-23-21(25-11-4-6-14-27-13-5-3-9-19(27)29)26-17-10-15-28(16-17)20-18(22)8-7-12-24-20/h3,5,7-9,12-13,17H,2,4,6,10-11,14-16H2,1H3,(H2,23,25,26). The van der Waals surface area contributed by atoms with Crippen molar-refractivity contribution in [3.8, 4) is 0 Å². The molecule has 1 atom stereocenters. The fraction of sp³-hybridized carbons (Fsp3) is 0.476. The minimum Gasteiger partial charge on any atom is -0.357 e. The first-order chi connectivity index (χ1) is 14.2. The van der Waals surface area contributed by atoms with Gasteiger partial charge in [0, 0.05) is 57.2 Å². The van der Waals surface area contributed by atoms with Crippen molar-refractivity contribution < 1.29 is 0 Å². The molecule has 2 aromatic heterocycles. The molecule has 3 rings (SSSR count). The van der Waals surface area contributed by atoms with Crippen molar-refractivity contribution in [3.63, 3.8) is 0 Å². The van der Waals surface area contributed by atoms with Gasteiger partial charge in [-0.2, -0.15) is 0 Å². The Bertz CT molecular complexity index is 868. The Morgan fingerprint density at radius 2 is 2.21 bits per heavy atom. The number of hydrogen-bond acceptors (Lipinski definition) is 4. The Morgan fingerprint density at radius 1 is 1.31 bits per heavy atom. The van der Waals surface area contributed by atoms with E-state index in [-0.39, 0.29) is 5.56 Å². The van der Waals surface area contributed by atoms with Crippen molar-refractivity contribution in [2.45, 2.75) is 38.8 Å². The summed E-state index contributed by atoms with van der Waals surface area (Å²) in [5, 5.41) is 7.53. The van der Waals surface area contributed by atoms with Crippen LogP contribution in [0.2, 0.25) is 5.02 Å². The average molecular weight is 417 g/mol. The van der Waals surface area contributed by atoms with Gasteiger partial charge in [-0.1, -0.05) is 17.7 Å². The van der Waals surface area contributed by atoms with Crippen LogP contribution in [0.5, 0.6) is 0 Å². The molecule has 0 radical (unpaired) electrons. The normalized spacial score (nSPS) is 16.8. The molecule has 0 amide bonds. The van der Waals surface area contributed by atoms with Crippen LogP contribution in [-0.4, -0.2) is 47.7 Å². The molecule has 0 saturated carbocycles. The molecule has 0 spiro atoms. The van der Waals surface area contributed by atoms with E-state index < -0.39 is 0 Å². The number of nitrogens with one attached hydrogen (secondary N) is 2. The highest BCUT2D eigenvalue weighted by Gasteiger charge is 2.25. The number of aryl methyl sites for hydroxylation is 1. The fourth-order valence-electron chi connectivity index (χ4n) is 3.42. The molecule has 7 nitrogen and oxygen atoms in total. The lowest BCUT2D eigenvalue weighted by atomic mass is 10.3. The van der Waals surface area contributed by atoms with Gasteiger partial charge in [-0.05, 0) is 44.4 Å². The number of unbranched alkanes of at least 4 members (excludes halogenated alkanes) is 1. The van der Waals surface area contributed by atoms with Crippen molar-refractivity contribution in [2.24, 2.45) is 4.99 Å². The summed E-state index contributed by atoms with van der Waals surface area (Å²) in [6, 6.07) is 9.27. The molecule has 3 heterocycles. The van der Waals surface area contributed by atoms with E-state index in [2.05, 4.69) is 27.4 Å². The van der Waals surface area contributed by atoms with Gasteiger partial charge >= 0.3 is 0 Å². The van der Waals surface area contributed by atoms with Crippen molar-refractivity contribution in [1.82, 2.24) is 20.2 Å². The fourth-order valence-corrected chi connectivity index (χ4v) is 3.67. The first-order valence-electron chi connectivity index (χ1n) is 10.2. The molecule has 156 valence electrons. The molecular weight excluding hydrogens is 388 g/mol. The third-order valence-corrected chi connectivity index (χ3v) is 5.18. The third kappa shape index (κ3) is 6.22. The smallest absolute Gasteiger partial charge is 0.250 e. The molecule has 0 aromatic carbocycles. The van der Waals surface area contributed by atoms with E-state index in [1.807, 2.05) is 24.4 Å². The monoisotopic (exact) mass is 416 g/mol. The number of halogens is 1. The molecule has 0 aliphatic carbocycles. The van der Waals surface area contributed by atoms with E-state index in [4.69, 9.17) is 16.6 Å². The summed E-state index contributed by atoms with van der Waals surface area (Å²) in [5.41, 5.74) is 0.0461. The highest BCUT2D eigenvalue weighted by molar-refractivity contribution is 6.32. The highest BCUT2D eigenvalue weighted by Crippen LogP contribution is 2.25.